The van der Waals surface area contributed by atoms with Gasteiger partial charge in [0, 0.05) is 19.2 Å². The number of nitrogens with zero attached hydrogens (tertiary/aromatic N) is 3. The van der Waals surface area contributed by atoms with E-state index in [0.717, 1.165) is 5.56 Å². The van der Waals surface area contributed by atoms with Gasteiger partial charge in [-0.25, -0.2) is 4.68 Å². The number of ether oxygens (including phenoxy) is 1. The molecule has 6 nitrogen and oxygen atoms in total. The predicted molar refractivity (Wildman–Crippen MR) is 90.0 cm³/mol. The summed E-state index contributed by atoms with van der Waals surface area (Å²) >= 11 is 0. The summed E-state index contributed by atoms with van der Waals surface area (Å²) in [6, 6.07) is 12.5. The van der Waals surface area contributed by atoms with Crippen molar-refractivity contribution in [1.29, 1.82) is 0 Å². The lowest BCUT2D eigenvalue weighted by Crippen LogP contribution is -2.48. The van der Waals surface area contributed by atoms with Crippen LogP contribution in [0.25, 0.3) is 0 Å². The van der Waals surface area contributed by atoms with Gasteiger partial charge in [-0.05, 0) is 25.5 Å². The standard InChI is InChI=1S/C18H21N3O3/c1-13-10-20(11-14(2)24-13)18(23)16-8-9-17(22)21(19-16)12-15-6-4-3-5-7-15/h3-9,13-14H,10-12H2,1-2H3/t13-,14-/m0/s1. The molecule has 1 saturated heterocycles. The minimum atomic E-state index is -0.223. The number of carbonyl (C=O) groups is 1. The van der Waals surface area contributed by atoms with Gasteiger partial charge < -0.3 is 9.64 Å². The molecule has 2 heterocycles. The van der Waals surface area contributed by atoms with Gasteiger partial charge in [-0.15, -0.1) is 0 Å². The van der Waals surface area contributed by atoms with Crippen molar-refractivity contribution < 1.29 is 9.53 Å². The summed E-state index contributed by atoms with van der Waals surface area (Å²) in [6.45, 7) is 5.29. The van der Waals surface area contributed by atoms with Crippen molar-refractivity contribution in [3.8, 4) is 0 Å². The van der Waals surface area contributed by atoms with Gasteiger partial charge in [0.05, 0.1) is 18.8 Å². The fourth-order valence-corrected chi connectivity index (χ4v) is 2.94. The zero-order valence-electron chi connectivity index (χ0n) is 13.9. The van der Waals surface area contributed by atoms with Crippen molar-refractivity contribution in [2.24, 2.45) is 0 Å². The first kappa shape index (κ1) is 16.4. The Morgan fingerprint density at radius 3 is 2.46 bits per heavy atom. The summed E-state index contributed by atoms with van der Waals surface area (Å²) in [5.74, 6) is -0.168. The Morgan fingerprint density at radius 2 is 1.79 bits per heavy atom. The number of hydrogen-bond donors (Lipinski definition) is 0. The Kier molecular flexibility index (Phi) is 4.76. The minimum Gasteiger partial charge on any atom is -0.372 e. The second-order valence-corrected chi connectivity index (χ2v) is 6.17. The van der Waals surface area contributed by atoms with Gasteiger partial charge in [0.25, 0.3) is 11.5 Å². The molecule has 3 rings (SSSR count). The van der Waals surface area contributed by atoms with E-state index in [1.165, 1.54) is 16.8 Å². The fourth-order valence-electron chi connectivity index (χ4n) is 2.94. The molecule has 0 aliphatic carbocycles. The van der Waals surface area contributed by atoms with Crippen molar-refractivity contribution in [2.45, 2.75) is 32.6 Å². The highest BCUT2D eigenvalue weighted by molar-refractivity contribution is 5.92. The third-order valence-electron chi connectivity index (χ3n) is 3.97. The Bertz CT molecular complexity index is 763. The zero-order chi connectivity index (χ0) is 17.1. The smallest absolute Gasteiger partial charge is 0.274 e. The molecule has 1 aromatic heterocycles. The fraction of sp³-hybridized carbons (Fsp3) is 0.389. The van der Waals surface area contributed by atoms with Crippen LogP contribution in [0.5, 0.6) is 0 Å². The summed E-state index contributed by atoms with van der Waals surface area (Å²) in [5, 5.41) is 4.26. The van der Waals surface area contributed by atoms with Crippen LogP contribution in [0, 0.1) is 0 Å². The van der Waals surface area contributed by atoms with E-state index in [2.05, 4.69) is 5.10 Å². The second kappa shape index (κ2) is 6.97. The van der Waals surface area contributed by atoms with Crippen LogP contribution in [0.1, 0.15) is 29.9 Å². The number of amides is 1. The number of rotatable bonds is 3. The van der Waals surface area contributed by atoms with Crippen LogP contribution in [-0.4, -0.2) is 45.9 Å². The molecular formula is C18H21N3O3. The van der Waals surface area contributed by atoms with Gasteiger partial charge in [-0.3, -0.25) is 9.59 Å². The molecule has 126 valence electrons. The van der Waals surface area contributed by atoms with Crippen LogP contribution < -0.4 is 5.56 Å². The second-order valence-electron chi connectivity index (χ2n) is 6.17. The largest absolute Gasteiger partial charge is 0.372 e. The average molecular weight is 327 g/mol. The van der Waals surface area contributed by atoms with Gasteiger partial charge in [0.1, 0.15) is 5.69 Å². The van der Waals surface area contributed by atoms with E-state index in [4.69, 9.17) is 4.74 Å². The molecule has 0 radical (unpaired) electrons. The van der Waals surface area contributed by atoms with Crippen molar-refractivity contribution in [3.63, 3.8) is 0 Å². The molecule has 0 saturated carbocycles. The summed E-state index contributed by atoms with van der Waals surface area (Å²) in [5.41, 5.74) is 1.02. The Morgan fingerprint density at radius 1 is 1.12 bits per heavy atom. The first-order chi connectivity index (χ1) is 11.5. The highest BCUT2D eigenvalue weighted by Crippen LogP contribution is 2.13. The first-order valence-corrected chi connectivity index (χ1v) is 8.10. The normalized spacial score (nSPS) is 20.8. The molecule has 0 unspecified atom stereocenters. The molecule has 1 aliphatic heterocycles. The number of benzene rings is 1. The first-order valence-electron chi connectivity index (χ1n) is 8.10. The molecule has 0 N–H and O–H groups in total. The Hall–Kier alpha value is -2.47. The molecule has 0 bridgehead atoms. The molecule has 1 aliphatic rings. The van der Waals surface area contributed by atoms with Crippen molar-refractivity contribution in [3.05, 3.63) is 64.1 Å². The molecule has 6 heteroatoms. The van der Waals surface area contributed by atoms with Crippen molar-refractivity contribution in [2.75, 3.05) is 13.1 Å². The summed E-state index contributed by atoms with van der Waals surface area (Å²) in [7, 11) is 0. The highest BCUT2D eigenvalue weighted by Gasteiger charge is 2.27. The van der Waals surface area contributed by atoms with Gasteiger partial charge >= 0.3 is 0 Å². The molecule has 24 heavy (non-hydrogen) atoms. The third kappa shape index (κ3) is 3.71. The van der Waals surface area contributed by atoms with Crippen LogP contribution in [0.2, 0.25) is 0 Å². The minimum absolute atomic E-state index is 0.00655. The predicted octanol–water partition coefficient (Wildman–Crippen LogP) is 1.54. The third-order valence-corrected chi connectivity index (χ3v) is 3.97. The van der Waals surface area contributed by atoms with Gasteiger partial charge in [0.15, 0.2) is 0 Å². The van der Waals surface area contributed by atoms with Crippen molar-refractivity contribution >= 4 is 5.91 Å². The monoisotopic (exact) mass is 327 g/mol. The summed E-state index contributed by atoms with van der Waals surface area (Å²) in [4.78, 5) is 26.5. The summed E-state index contributed by atoms with van der Waals surface area (Å²) < 4.78 is 6.98. The molecule has 2 aromatic rings. The Labute approximate surface area is 140 Å². The van der Waals surface area contributed by atoms with E-state index < -0.39 is 0 Å². The van der Waals surface area contributed by atoms with Gasteiger partial charge in [-0.2, -0.15) is 5.10 Å². The maximum absolute atomic E-state index is 12.7. The topological polar surface area (TPSA) is 64.4 Å². The number of morpholine rings is 1. The van der Waals surface area contributed by atoms with Crippen molar-refractivity contribution in [1.82, 2.24) is 14.7 Å². The molecule has 1 amide bonds. The van der Waals surface area contributed by atoms with Gasteiger partial charge in [-0.1, -0.05) is 30.3 Å². The van der Waals surface area contributed by atoms with E-state index in [9.17, 15) is 9.59 Å². The van der Waals surface area contributed by atoms with E-state index in [0.29, 0.717) is 19.6 Å². The van der Waals surface area contributed by atoms with Crippen LogP contribution >= 0.6 is 0 Å². The van der Waals surface area contributed by atoms with E-state index in [-0.39, 0.29) is 29.4 Å². The van der Waals surface area contributed by atoms with E-state index in [1.807, 2.05) is 44.2 Å². The molecule has 2 atom stereocenters. The lowest BCUT2D eigenvalue weighted by atomic mass is 10.2. The highest BCUT2D eigenvalue weighted by atomic mass is 16.5. The molecule has 1 fully saturated rings. The van der Waals surface area contributed by atoms with E-state index >= 15 is 0 Å². The average Bonchev–Trinajstić information content (AvgIpc) is 2.56. The molecule has 1 aromatic carbocycles. The maximum Gasteiger partial charge on any atom is 0.274 e. The number of aromatic nitrogens is 2. The Balaban J connectivity index is 1.82. The number of carbonyl (C=O) groups excluding carboxylic acids is 1. The molecular weight excluding hydrogens is 306 g/mol. The lowest BCUT2D eigenvalue weighted by molar-refractivity contribution is -0.0587. The van der Waals surface area contributed by atoms with Gasteiger partial charge in [0.2, 0.25) is 0 Å². The zero-order valence-corrected chi connectivity index (χ0v) is 13.9. The molecule has 0 spiro atoms. The van der Waals surface area contributed by atoms with Crippen LogP contribution in [0.3, 0.4) is 0 Å². The number of hydrogen-bond acceptors (Lipinski definition) is 4. The summed E-state index contributed by atoms with van der Waals surface area (Å²) in [6.07, 6.45) is -0.0131. The lowest BCUT2D eigenvalue weighted by Gasteiger charge is -2.35. The van der Waals surface area contributed by atoms with Crippen LogP contribution in [0.4, 0.5) is 0 Å². The van der Waals surface area contributed by atoms with Crippen LogP contribution in [-0.2, 0) is 11.3 Å². The maximum atomic E-state index is 12.7. The van der Waals surface area contributed by atoms with Crippen LogP contribution in [0.15, 0.2) is 47.3 Å². The quantitative estimate of drug-likeness (QED) is 0.858. The van der Waals surface area contributed by atoms with E-state index in [1.54, 1.807) is 4.90 Å². The SMILES string of the molecule is C[C@H]1CN(C(=O)c2ccc(=O)n(Cc3ccccc3)n2)C[C@H](C)O1.